The molecule has 2 rings (SSSR count). The number of aliphatic carboxylic acids is 1. The van der Waals surface area contributed by atoms with E-state index in [1.807, 2.05) is 18.2 Å². The van der Waals surface area contributed by atoms with Crippen LogP contribution in [0.25, 0.3) is 0 Å². The molecule has 1 aromatic carbocycles. The summed E-state index contributed by atoms with van der Waals surface area (Å²) in [6.45, 7) is 0.334. The van der Waals surface area contributed by atoms with Gasteiger partial charge in [-0.2, -0.15) is 0 Å². The van der Waals surface area contributed by atoms with E-state index >= 15 is 0 Å². The fourth-order valence-corrected chi connectivity index (χ4v) is 2.89. The van der Waals surface area contributed by atoms with Crippen molar-refractivity contribution < 1.29 is 24.4 Å². The molecular weight excluding hydrogens is 441 g/mol. The van der Waals surface area contributed by atoms with Gasteiger partial charge in [-0.15, -0.1) is 0 Å². The number of hydrogen-bond donors (Lipinski definition) is 4. The number of pyridine rings is 1. The molecule has 11 nitrogen and oxygen atoms in total. The van der Waals surface area contributed by atoms with Crippen molar-refractivity contribution in [3.05, 3.63) is 64.3 Å². The van der Waals surface area contributed by atoms with Crippen LogP contribution in [0.4, 0.5) is 11.5 Å². The predicted molar refractivity (Wildman–Crippen MR) is 123 cm³/mol. The van der Waals surface area contributed by atoms with Crippen LogP contribution < -0.4 is 16.0 Å². The van der Waals surface area contributed by atoms with E-state index in [1.165, 1.54) is 24.3 Å². The molecule has 2 aromatic rings. The van der Waals surface area contributed by atoms with E-state index in [2.05, 4.69) is 20.9 Å². The van der Waals surface area contributed by atoms with Crippen molar-refractivity contribution in [2.45, 2.75) is 31.7 Å². The number of carbonyl (C=O) groups excluding carboxylic acids is 2. The summed E-state index contributed by atoms with van der Waals surface area (Å²) in [6, 6.07) is 9.97. The Morgan fingerprint density at radius 3 is 2.55 bits per heavy atom. The number of carbonyl (C=O) groups is 3. The molecular formula is C21H26N5NaO6. The van der Waals surface area contributed by atoms with Crippen LogP contribution in [-0.4, -0.2) is 75.4 Å². The zero-order valence-electron chi connectivity index (χ0n) is 17.3. The number of nitro groups is 1. The van der Waals surface area contributed by atoms with Crippen molar-refractivity contribution in [2.24, 2.45) is 0 Å². The van der Waals surface area contributed by atoms with E-state index < -0.39 is 29.3 Å². The van der Waals surface area contributed by atoms with E-state index in [0.717, 1.165) is 12.2 Å². The van der Waals surface area contributed by atoms with Gasteiger partial charge >= 0.3 is 35.5 Å². The molecule has 172 valence electrons. The molecule has 12 heteroatoms. The Labute approximate surface area is 212 Å². The van der Waals surface area contributed by atoms with Crippen molar-refractivity contribution in [1.29, 1.82) is 0 Å². The van der Waals surface area contributed by atoms with Gasteiger partial charge in [0.05, 0.1) is 23.9 Å². The zero-order chi connectivity index (χ0) is 23.3. The third kappa shape index (κ3) is 10.9. The number of unbranched alkanes of at least 4 members (excludes halogenated alkanes) is 1. The second-order valence-corrected chi connectivity index (χ2v) is 6.95. The van der Waals surface area contributed by atoms with Gasteiger partial charge in [0.15, 0.2) is 0 Å². The molecule has 0 radical (unpaired) electrons. The Bertz CT molecular complexity index is 944. The van der Waals surface area contributed by atoms with Gasteiger partial charge in [-0.25, -0.2) is 4.98 Å². The van der Waals surface area contributed by atoms with Crippen molar-refractivity contribution in [3.63, 3.8) is 0 Å². The first-order valence-corrected chi connectivity index (χ1v) is 10.0. The van der Waals surface area contributed by atoms with E-state index in [4.69, 9.17) is 5.11 Å². The van der Waals surface area contributed by atoms with Crippen LogP contribution in [0.3, 0.4) is 0 Å². The molecule has 0 saturated heterocycles. The van der Waals surface area contributed by atoms with Gasteiger partial charge in [0.1, 0.15) is 5.82 Å². The molecule has 0 aliphatic rings. The Morgan fingerprint density at radius 1 is 1.09 bits per heavy atom. The van der Waals surface area contributed by atoms with E-state index in [-0.39, 0.29) is 54.1 Å². The number of non-ortho nitro benzene ring substituents is 1. The first kappa shape index (κ1) is 28.0. The van der Waals surface area contributed by atoms with Crippen LogP contribution >= 0.6 is 0 Å². The zero-order valence-corrected chi connectivity index (χ0v) is 17.3. The van der Waals surface area contributed by atoms with E-state index in [9.17, 15) is 24.5 Å². The SMILES string of the molecule is O=C(O)CC(NC(=O)CNC(=O)CCCCNc1ccccn1)c1cccc([N+](=O)[O-])c1.[NaH]. The van der Waals surface area contributed by atoms with Gasteiger partial charge in [-0.3, -0.25) is 24.5 Å². The molecule has 2 amide bonds. The van der Waals surface area contributed by atoms with Gasteiger partial charge in [0.25, 0.3) is 5.69 Å². The Kier molecular flexibility index (Phi) is 12.7. The quantitative estimate of drug-likeness (QED) is 0.148. The average Bonchev–Trinajstić information content (AvgIpc) is 2.77. The van der Waals surface area contributed by atoms with Crippen LogP contribution in [0.5, 0.6) is 0 Å². The molecule has 33 heavy (non-hydrogen) atoms. The summed E-state index contributed by atoms with van der Waals surface area (Å²) in [5, 5.41) is 28.2. The van der Waals surface area contributed by atoms with Crippen molar-refractivity contribution in [3.8, 4) is 0 Å². The summed E-state index contributed by atoms with van der Waals surface area (Å²) in [7, 11) is 0. The van der Waals surface area contributed by atoms with Gasteiger partial charge < -0.3 is 21.1 Å². The number of anilines is 1. The third-order valence-corrected chi connectivity index (χ3v) is 4.45. The molecule has 1 atom stereocenters. The first-order chi connectivity index (χ1) is 15.3. The van der Waals surface area contributed by atoms with Gasteiger partial charge in [0.2, 0.25) is 11.8 Å². The summed E-state index contributed by atoms with van der Waals surface area (Å²) in [4.78, 5) is 49.8. The van der Waals surface area contributed by atoms with Gasteiger partial charge in [0, 0.05) is 31.3 Å². The standard InChI is InChI=1S/C21H25N5O6.Na.H/c27-19(9-2-4-11-23-18-8-1-3-10-22-18)24-14-20(28)25-17(13-21(29)30)15-6-5-7-16(12-15)26(31)32;;/h1,3,5-8,10,12,17H,2,4,9,11,13-14H2,(H,22,23)(H,24,27)(H,25,28)(H,29,30);;. The monoisotopic (exact) mass is 467 g/mol. The minimum atomic E-state index is -1.18. The van der Waals surface area contributed by atoms with Crippen LogP contribution in [-0.2, 0) is 14.4 Å². The fraction of sp³-hybridized carbons (Fsp3) is 0.333. The normalized spacial score (nSPS) is 10.9. The number of nitrogens with zero attached hydrogens (tertiary/aromatic N) is 2. The summed E-state index contributed by atoms with van der Waals surface area (Å²) >= 11 is 0. The molecule has 4 N–H and O–H groups in total. The molecule has 1 unspecified atom stereocenters. The third-order valence-electron chi connectivity index (χ3n) is 4.45. The summed E-state index contributed by atoms with van der Waals surface area (Å²) in [5.41, 5.74) is 0.0830. The van der Waals surface area contributed by atoms with Crippen molar-refractivity contribution in [1.82, 2.24) is 15.6 Å². The number of rotatable bonds is 13. The number of nitro benzene ring substituents is 1. The molecule has 0 saturated carbocycles. The number of carboxylic acid groups (broad SMARTS) is 1. The average molecular weight is 467 g/mol. The number of hydrogen-bond acceptors (Lipinski definition) is 7. The van der Waals surface area contributed by atoms with Gasteiger partial charge in [-0.05, 0) is 30.5 Å². The van der Waals surface area contributed by atoms with E-state index in [1.54, 1.807) is 6.20 Å². The molecule has 0 aliphatic heterocycles. The number of amides is 2. The molecule has 0 fully saturated rings. The molecule has 1 aromatic heterocycles. The van der Waals surface area contributed by atoms with E-state index in [0.29, 0.717) is 18.5 Å². The Balaban J connectivity index is 0.00000544. The maximum atomic E-state index is 12.2. The molecule has 1 heterocycles. The second kappa shape index (κ2) is 14.9. The summed E-state index contributed by atoms with van der Waals surface area (Å²) in [6.07, 6.45) is 2.82. The van der Waals surface area contributed by atoms with Crippen LogP contribution in [0.2, 0.25) is 0 Å². The summed E-state index contributed by atoms with van der Waals surface area (Å²) in [5.74, 6) is -1.31. The molecule has 0 aliphatic carbocycles. The minimum absolute atomic E-state index is 0. The molecule has 0 spiro atoms. The molecule has 0 bridgehead atoms. The number of aromatic nitrogens is 1. The number of benzene rings is 1. The van der Waals surface area contributed by atoms with Crippen LogP contribution in [0.15, 0.2) is 48.7 Å². The second-order valence-electron chi connectivity index (χ2n) is 6.95. The maximum absolute atomic E-state index is 12.2. The first-order valence-electron chi connectivity index (χ1n) is 10.0. The van der Waals surface area contributed by atoms with Crippen molar-refractivity contribution >= 4 is 58.8 Å². The van der Waals surface area contributed by atoms with Gasteiger partial charge in [-0.1, -0.05) is 18.2 Å². The predicted octanol–water partition coefficient (Wildman–Crippen LogP) is 1.37. The fourth-order valence-electron chi connectivity index (χ4n) is 2.89. The van der Waals surface area contributed by atoms with Crippen molar-refractivity contribution in [2.75, 3.05) is 18.4 Å². The Hall–Kier alpha value is -3.02. The van der Waals surface area contributed by atoms with Crippen LogP contribution in [0.1, 0.15) is 37.3 Å². The summed E-state index contributed by atoms with van der Waals surface area (Å²) < 4.78 is 0. The number of nitrogens with one attached hydrogen (secondary N) is 3. The van der Waals surface area contributed by atoms with Crippen LogP contribution in [0, 0.1) is 10.1 Å². The Morgan fingerprint density at radius 2 is 1.88 bits per heavy atom. The topological polar surface area (TPSA) is 164 Å². The number of carboxylic acids is 1.